The van der Waals surface area contributed by atoms with Crippen LogP contribution in [-0.4, -0.2) is 5.11 Å². The van der Waals surface area contributed by atoms with E-state index in [2.05, 4.69) is 80.6 Å². The van der Waals surface area contributed by atoms with Gasteiger partial charge in [-0.25, -0.2) is 0 Å². The first-order chi connectivity index (χ1) is 12.1. The third-order valence-corrected chi connectivity index (χ3v) is 4.92. The highest BCUT2D eigenvalue weighted by molar-refractivity contribution is 5.41. The fourth-order valence-electron chi connectivity index (χ4n) is 3.44. The zero-order valence-corrected chi connectivity index (χ0v) is 15.0. The van der Waals surface area contributed by atoms with Crippen LogP contribution < -0.4 is 0 Å². The van der Waals surface area contributed by atoms with Crippen molar-refractivity contribution in [3.05, 3.63) is 101 Å². The molecule has 0 spiro atoms. The summed E-state index contributed by atoms with van der Waals surface area (Å²) in [5.74, 6) is 1.11. The van der Waals surface area contributed by atoms with E-state index < -0.39 is 0 Å². The van der Waals surface area contributed by atoms with Gasteiger partial charge in [0.05, 0.1) is 0 Å². The fourth-order valence-corrected chi connectivity index (χ4v) is 3.44. The van der Waals surface area contributed by atoms with E-state index in [1.165, 1.54) is 16.7 Å². The lowest BCUT2D eigenvalue weighted by Crippen LogP contribution is -2.03. The van der Waals surface area contributed by atoms with Crippen LogP contribution in [0.4, 0.5) is 0 Å². The number of phenolic OH excluding ortho intramolecular Hbond substituents is 1. The summed E-state index contributed by atoms with van der Waals surface area (Å²) in [5.41, 5.74) is 4.98. The van der Waals surface area contributed by atoms with Crippen molar-refractivity contribution in [1.29, 1.82) is 0 Å². The Morgan fingerprint density at radius 2 is 1.20 bits per heavy atom. The summed E-state index contributed by atoms with van der Waals surface area (Å²) < 4.78 is 0. The second kappa shape index (κ2) is 8.02. The van der Waals surface area contributed by atoms with Crippen LogP contribution in [-0.2, 0) is 12.8 Å². The van der Waals surface area contributed by atoms with Crippen molar-refractivity contribution in [1.82, 2.24) is 0 Å². The quantitative estimate of drug-likeness (QED) is 0.580. The molecule has 0 aliphatic rings. The topological polar surface area (TPSA) is 20.2 Å². The summed E-state index contributed by atoms with van der Waals surface area (Å²) in [6.45, 7) is 4.44. The minimum Gasteiger partial charge on any atom is -0.508 e. The monoisotopic (exact) mass is 330 g/mol. The molecule has 3 aromatic rings. The molecule has 0 saturated carbocycles. The Balaban J connectivity index is 1.77. The molecule has 0 fully saturated rings. The second-order valence-corrected chi connectivity index (χ2v) is 7.00. The third kappa shape index (κ3) is 4.51. The van der Waals surface area contributed by atoms with E-state index >= 15 is 0 Å². The summed E-state index contributed by atoms with van der Waals surface area (Å²) in [5, 5.41) is 10.4. The molecule has 0 saturated heterocycles. The summed E-state index contributed by atoms with van der Waals surface area (Å²) >= 11 is 0. The largest absolute Gasteiger partial charge is 0.508 e. The van der Waals surface area contributed by atoms with Crippen LogP contribution in [0.3, 0.4) is 0 Å². The highest BCUT2D eigenvalue weighted by Gasteiger charge is 2.15. The zero-order chi connectivity index (χ0) is 17.6. The van der Waals surface area contributed by atoms with Crippen molar-refractivity contribution in [2.24, 2.45) is 0 Å². The number of hydrogen-bond acceptors (Lipinski definition) is 1. The Morgan fingerprint density at radius 3 is 1.76 bits per heavy atom. The minimum absolute atomic E-state index is 0.284. The van der Waals surface area contributed by atoms with Gasteiger partial charge in [-0.1, -0.05) is 86.6 Å². The van der Waals surface area contributed by atoms with Crippen molar-refractivity contribution in [3.8, 4) is 5.75 Å². The van der Waals surface area contributed by atoms with E-state index in [0.29, 0.717) is 11.7 Å². The molecule has 128 valence electrons. The summed E-state index contributed by atoms with van der Waals surface area (Å²) in [4.78, 5) is 0. The molecule has 0 aliphatic heterocycles. The predicted octanol–water partition coefficient (Wildman–Crippen LogP) is 6.08. The number of hydrogen-bond donors (Lipinski definition) is 1. The van der Waals surface area contributed by atoms with Gasteiger partial charge in [-0.3, -0.25) is 0 Å². The molecule has 0 heterocycles. The van der Waals surface area contributed by atoms with Crippen LogP contribution in [0.15, 0.2) is 78.9 Å². The number of aromatic hydroxyl groups is 1. The zero-order valence-electron chi connectivity index (χ0n) is 15.0. The molecule has 25 heavy (non-hydrogen) atoms. The minimum atomic E-state index is 0.284. The Hall–Kier alpha value is -2.54. The van der Waals surface area contributed by atoms with Gasteiger partial charge in [-0.05, 0) is 53.0 Å². The maximum atomic E-state index is 10.4. The molecule has 0 radical (unpaired) electrons. The Bertz CT molecular complexity index is 793. The maximum Gasteiger partial charge on any atom is 0.119 e. The van der Waals surface area contributed by atoms with Gasteiger partial charge in [0.15, 0.2) is 0 Å². The average Bonchev–Trinajstić information content (AvgIpc) is 2.63. The predicted molar refractivity (Wildman–Crippen MR) is 105 cm³/mol. The van der Waals surface area contributed by atoms with E-state index in [1.54, 1.807) is 0 Å². The lowest BCUT2D eigenvalue weighted by Gasteiger charge is -2.18. The third-order valence-electron chi connectivity index (χ3n) is 4.92. The molecule has 1 N–H and O–H groups in total. The van der Waals surface area contributed by atoms with Gasteiger partial charge in [-0.2, -0.15) is 0 Å². The van der Waals surface area contributed by atoms with Crippen LogP contribution in [0.25, 0.3) is 0 Å². The van der Waals surface area contributed by atoms with E-state index in [4.69, 9.17) is 0 Å². The van der Waals surface area contributed by atoms with E-state index in [0.717, 1.165) is 18.4 Å². The van der Waals surface area contributed by atoms with E-state index in [9.17, 15) is 5.11 Å². The van der Waals surface area contributed by atoms with Gasteiger partial charge in [0.1, 0.15) is 5.75 Å². The highest BCUT2D eigenvalue weighted by Crippen LogP contribution is 2.32. The Kier molecular flexibility index (Phi) is 5.55. The van der Waals surface area contributed by atoms with Gasteiger partial charge in [0, 0.05) is 0 Å². The molecular weight excluding hydrogens is 304 g/mol. The van der Waals surface area contributed by atoms with Crippen LogP contribution in [0.5, 0.6) is 5.75 Å². The second-order valence-electron chi connectivity index (χ2n) is 7.00. The van der Waals surface area contributed by atoms with Crippen LogP contribution in [0.1, 0.15) is 47.9 Å². The Morgan fingerprint density at radius 1 is 0.680 bits per heavy atom. The van der Waals surface area contributed by atoms with Gasteiger partial charge < -0.3 is 5.11 Å². The highest BCUT2D eigenvalue weighted by atomic mass is 16.3. The molecule has 0 amide bonds. The van der Waals surface area contributed by atoms with Crippen molar-refractivity contribution in [3.63, 3.8) is 0 Å². The molecular formula is C24H26O. The molecule has 0 aliphatic carbocycles. The first-order valence-corrected chi connectivity index (χ1v) is 9.04. The fraction of sp³-hybridized carbons (Fsp3) is 0.250. The molecule has 3 aromatic carbocycles. The standard InChI is InChI=1S/C24H26O/c1-18(15-20-9-5-3-6-10-20)22-13-14-24(25)23(17-22)19(2)16-21-11-7-4-8-12-21/h3-14,17-19,25H,15-16H2,1-2H3. The van der Waals surface area contributed by atoms with Crippen LogP contribution in [0.2, 0.25) is 0 Å². The molecule has 2 atom stereocenters. The first-order valence-electron chi connectivity index (χ1n) is 9.04. The van der Waals surface area contributed by atoms with Gasteiger partial charge in [0.2, 0.25) is 0 Å². The molecule has 2 unspecified atom stereocenters. The molecule has 0 aromatic heterocycles. The van der Waals surface area contributed by atoms with Crippen molar-refractivity contribution < 1.29 is 5.11 Å². The summed E-state index contributed by atoms with van der Waals surface area (Å²) in [7, 11) is 0. The van der Waals surface area contributed by atoms with E-state index in [1.807, 2.05) is 12.1 Å². The number of rotatable bonds is 6. The number of benzene rings is 3. The number of phenols is 1. The first kappa shape index (κ1) is 17.3. The van der Waals surface area contributed by atoms with Crippen molar-refractivity contribution in [2.75, 3.05) is 0 Å². The van der Waals surface area contributed by atoms with Crippen LogP contribution in [0, 0.1) is 0 Å². The van der Waals surface area contributed by atoms with Crippen molar-refractivity contribution >= 4 is 0 Å². The lowest BCUT2D eigenvalue weighted by atomic mass is 9.87. The summed E-state index contributed by atoms with van der Waals surface area (Å²) in [6, 6.07) is 27.2. The Labute approximate surface area is 151 Å². The van der Waals surface area contributed by atoms with Crippen molar-refractivity contribution in [2.45, 2.75) is 38.5 Å². The van der Waals surface area contributed by atoms with Gasteiger partial charge in [-0.15, -0.1) is 0 Å². The van der Waals surface area contributed by atoms with Gasteiger partial charge >= 0.3 is 0 Å². The lowest BCUT2D eigenvalue weighted by molar-refractivity contribution is 0.462. The molecule has 1 heteroatoms. The van der Waals surface area contributed by atoms with Gasteiger partial charge in [0.25, 0.3) is 0 Å². The smallest absolute Gasteiger partial charge is 0.119 e. The van der Waals surface area contributed by atoms with Crippen LogP contribution >= 0.6 is 0 Å². The maximum absolute atomic E-state index is 10.4. The normalized spacial score (nSPS) is 13.4. The molecule has 0 bridgehead atoms. The summed E-state index contributed by atoms with van der Waals surface area (Å²) in [6.07, 6.45) is 1.95. The molecule has 3 rings (SSSR count). The SMILES string of the molecule is CC(Cc1ccccc1)c1ccc(O)c(C(C)Cc2ccccc2)c1. The average molecular weight is 330 g/mol. The van der Waals surface area contributed by atoms with E-state index in [-0.39, 0.29) is 5.92 Å². The molecule has 1 nitrogen and oxygen atoms in total.